The van der Waals surface area contributed by atoms with E-state index in [2.05, 4.69) is 19.8 Å². The Hall–Kier alpha value is -3.83. The summed E-state index contributed by atoms with van der Waals surface area (Å²) in [5, 5.41) is 16.6. The van der Waals surface area contributed by atoms with Gasteiger partial charge in [0.15, 0.2) is 4.87 Å². The van der Waals surface area contributed by atoms with Crippen molar-refractivity contribution in [1.29, 1.82) is 0 Å². The van der Waals surface area contributed by atoms with Crippen LogP contribution in [0.1, 0.15) is 32.2 Å². The molecule has 1 N–H and O–H groups in total. The van der Waals surface area contributed by atoms with Crippen LogP contribution in [0.4, 0.5) is 5.69 Å². The maximum Gasteiger partial charge on any atom is 0.347 e. The molecule has 3 heterocycles. The molecule has 0 saturated carbocycles. The van der Waals surface area contributed by atoms with Gasteiger partial charge in [-0.05, 0) is 50.0 Å². The quantitative estimate of drug-likeness (QED) is 0.0987. The number of oxime groups is 1. The van der Waals surface area contributed by atoms with Gasteiger partial charge in [0.05, 0.1) is 11.5 Å². The molecule has 0 radical (unpaired) electrons. The van der Waals surface area contributed by atoms with E-state index in [4.69, 9.17) is 25.9 Å². The summed E-state index contributed by atoms with van der Waals surface area (Å²) in [6.45, 7) is 4.19. The SMILES string of the molecule is CC(C)(C)OC(=O)CON=C(C(=O)NC1C(=O)N2CC(Cl)(C(=O)OCc3ccc([N+](=O)[O-])cc3)CS[C@H]12)c1ncsn1. The number of nitrogens with zero attached hydrogens (tertiary/aromatic N) is 5. The van der Waals surface area contributed by atoms with Crippen molar-refractivity contribution in [2.24, 2.45) is 5.16 Å². The molecule has 2 aliphatic heterocycles. The van der Waals surface area contributed by atoms with Gasteiger partial charge in [0, 0.05) is 17.9 Å². The van der Waals surface area contributed by atoms with E-state index in [1.54, 1.807) is 20.8 Å². The molecule has 2 saturated heterocycles. The van der Waals surface area contributed by atoms with Crippen LogP contribution in [0.2, 0.25) is 0 Å². The average molecular weight is 641 g/mol. The number of hydrogen-bond donors (Lipinski definition) is 1. The Bertz CT molecular complexity index is 1400. The highest BCUT2D eigenvalue weighted by Crippen LogP contribution is 2.41. The van der Waals surface area contributed by atoms with Crippen LogP contribution in [0.5, 0.6) is 0 Å². The summed E-state index contributed by atoms with van der Waals surface area (Å²) in [6.07, 6.45) is 0. The molecular weight excluding hydrogens is 616 g/mol. The van der Waals surface area contributed by atoms with E-state index in [0.717, 1.165) is 11.5 Å². The van der Waals surface area contributed by atoms with E-state index in [9.17, 15) is 29.3 Å². The van der Waals surface area contributed by atoms with Crippen molar-refractivity contribution in [2.45, 2.75) is 49.3 Å². The maximum atomic E-state index is 13.1. The normalized spacial score (nSPS) is 22.0. The van der Waals surface area contributed by atoms with Gasteiger partial charge in [-0.2, -0.15) is 4.37 Å². The molecular formula is C24H25ClN6O9S2. The summed E-state index contributed by atoms with van der Waals surface area (Å²) in [6, 6.07) is 4.56. The Morgan fingerprint density at radius 1 is 1.29 bits per heavy atom. The number of carbonyl (C=O) groups is 4. The second-order valence-electron chi connectivity index (χ2n) is 10.1. The molecule has 0 aliphatic carbocycles. The van der Waals surface area contributed by atoms with Crippen molar-refractivity contribution in [3.63, 3.8) is 0 Å². The molecule has 0 bridgehead atoms. The van der Waals surface area contributed by atoms with Crippen LogP contribution in [0, 0.1) is 10.1 Å². The summed E-state index contributed by atoms with van der Waals surface area (Å²) in [4.78, 5) is 69.8. The molecule has 2 amide bonds. The van der Waals surface area contributed by atoms with Gasteiger partial charge in [-0.1, -0.05) is 5.16 Å². The lowest BCUT2D eigenvalue weighted by Crippen LogP contribution is -2.74. The number of rotatable bonds is 10. The van der Waals surface area contributed by atoms with Gasteiger partial charge in [-0.15, -0.1) is 23.4 Å². The number of nitro groups is 1. The molecule has 2 unspecified atom stereocenters. The van der Waals surface area contributed by atoms with Crippen molar-refractivity contribution in [3.05, 3.63) is 51.3 Å². The van der Waals surface area contributed by atoms with Crippen LogP contribution in [0.3, 0.4) is 0 Å². The third kappa shape index (κ3) is 7.32. The Labute approximate surface area is 252 Å². The van der Waals surface area contributed by atoms with E-state index >= 15 is 0 Å². The van der Waals surface area contributed by atoms with Crippen molar-refractivity contribution in [2.75, 3.05) is 18.9 Å². The molecule has 2 fully saturated rings. The number of halogens is 1. The Morgan fingerprint density at radius 2 is 2.00 bits per heavy atom. The van der Waals surface area contributed by atoms with Gasteiger partial charge in [0.2, 0.25) is 24.1 Å². The number of alkyl halides is 1. The Morgan fingerprint density at radius 3 is 2.62 bits per heavy atom. The number of β-lactam (4-membered cyclic amide) rings is 1. The second kappa shape index (κ2) is 12.6. The van der Waals surface area contributed by atoms with Gasteiger partial charge >= 0.3 is 11.9 Å². The summed E-state index contributed by atoms with van der Waals surface area (Å²) < 4.78 is 14.4. The number of nitrogens with one attached hydrogen (secondary N) is 1. The molecule has 224 valence electrons. The number of esters is 2. The lowest BCUT2D eigenvalue weighted by atomic mass is 10.0. The minimum atomic E-state index is -1.53. The number of carbonyl (C=O) groups excluding carboxylic acids is 4. The fraction of sp³-hybridized carbons (Fsp3) is 0.458. The van der Waals surface area contributed by atoms with E-state index in [0.29, 0.717) is 5.56 Å². The summed E-state index contributed by atoms with van der Waals surface area (Å²) in [5.74, 6) is -2.70. The number of thioether (sulfide) groups is 1. The van der Waals surface area contributed by atoms with Crippen LogP contribution >= 0.6 is 34.9 Å². The summed E-state index contributed by atoms with van der Waals surface area (Å²) >= 11 is 8.71. The first-order valence-corrected chi connectivity index (χ1v) is 14.5. The molecule has 2 aromatic rings. The Kier molecular flexibility index (Phi) is 9.32. The highest BCUT2D eigenvalue weighted by atomic mass is 35.5. The fourth-order valence-electron chi connectivity index (χ4n) is 3.85. The first kappa shape index (κ1) is 31.1. The zero-order valence-corrected chi connectivity index (χ0v) is 24.9. The maximum absolute atomic E-state index is 13.1. The van der Waals surface area contributed by atoms with E-state index < -0.39 is 57.2 Å². The molecule has 0 spiro atoms. The van der Waals surface area contributed by atoms with Crippen molar-refractivity contribution >= 4 is 70.0 Å². The van der Waals surface area contributed by atoms with Gasteiger partial charge in [-0.25, -0.2) is 9.78 Å². The zero-order valence-electron chi connectivity index (χ0n) is 22.5. The number of aromatic nitrogens is 2. The van der Waals surface area contributed by atoms with E-state index in [1.807, 2.05) is 0 Å². The van der Waals surface area contributed by atoms with E-state index in [1.165, 1.54) is 46.4 Å². The molecule has 1 aromatic heterocycles. The molecule has 15 nitrogen and oxygen atoms in total. The lowest BCUT2D eigenvalue weighted by molar-refractivity contribution is -0.384. The largest absolute Gasteiger partial charge is 0.459 e. The average Bonchev–Trinajstić information content (AvgIpc) is 3.46. The first-order valence-electron chi connectivity index (χ1n) is 12.3. The van der Waals surface area contributed by atoms with Crippen molar-refractivity contribution in [1.82, 2.24) is 19.6 Å². The monoisotopic (exact) mass is 640 g/mol. The topological polar surface area (TPSA) is 193 Å². The standard InChI is InChI=1S/C24H25ClN6O9S2/c1-23(2,3)40-15(32)9-39-28-16(18-26-12-42-29-18)19(33)27-17-20(34)30-10-24(25,11-41-21(17)30)22(35)38-8-13-4-6-14(7-5-13)31(36)37/h4-7,12,17,21H,8-11H2,1-3H3,(H,27,33)/t17?,21-,24?/m1/s1. The number of amides is 2. The molecule has 3 atom stereocenters. The minimum Gasteiger partial charge on any atom is -0.459 e. The first-order chi connectivity index (χ1) is 19.8. The van der Waals surface area contributed by atoms with Crippen LogP contribution in [0.25, 0.3) is 0 Å². The smallest absolute Gasteiger partial charge is 0.347 e. The van der Waals surface area contributed by atoms with Crippen LogP contribution < -0.4 is 5.32 Å². The second-order valence-corrected chi connectivity index (χ2v) is 12.6. The van der Waals surface area contributed by atoms with E-state index in [-0.39, 0.29) is 36.1 Å². The number of non-ortho nitro benzene ring substituents is 1. The molecule has 1 aromatic carbocycles. The minimum absolute atomic E-state index is 0.0582. The molecule has 18 heteroatoms. The number of nitro benzene ring substituents is 1. The molecule has 2 aliphatic rings. The third-order valence-corrected chi connectivity index (χ3v) is 8.33. The fourth-order valence-corrected chi connectivity index (χ4v) is 6.03. The third-order valence-electron chi connectivity index (χ3n) is 5.76. The van der Waals surface area contributed by atoms with Crippen LogP contribution in [-0.4, -0.2) is 89.4 Å². The molecule has 42 heavy (non-hydrogen) atoms. The predicted octanol–water partition coefficient (Wildman–Crippen LogP) is 1.63. The zero-order chi connectivity index (χ0) is 30.7. The van der Waals surface area contributed by atoms with Gasteiger partial charge < -0.3 is 24.5 Å². The van der Waals surface area contributed by atoms with Gasteiger partial charge in [0.25, 0.3) is 11.6 Å². The van der Waals surface area contributed by atoms with Gasteiger partial charge in [0.1, 0.15) is 29.1 Å². The van der Waals surface area contributed by atoms with Gasteiger partial charge in [-0.3, -0.25) is 24.5 Å². The van der Waals surface area contributed by atoms with Crippen molar-refractivity contribution in [3.8, 4) is 0 Å². The summed E-state index contributed by atoms with van der Waals surface area (Å²) in [7, 11) is 0. The van der Waals surface area contributed by atoms with Crippen LogP contribution in [-0.2, 0) is 40.1 Å². The number of hydrogen-bond acceptors (Lipinski definition) is 14. The molecule has 4 rings (SSSR count). The summed E-state index contributed by atoms with van der Waals surface area (Å²) in [5.41, 5.74) is 0.731. The van der Waals surface area contributed by atoms with Crippen LogP contribution in [0.15, 0.2) is 34.9 Å². The number of ether oxygens (including phenoxy) is 2. The number of benzene rings is 1. The van der Waals surface area contributed by atoms with Crippen molar-refractivity contribution < 1.29 is 38.4 Å². The predicted molar refractivity (Wildman–Crippen MR) is 150 cm³/mol. The number of fused-ring (bicyclic) bond motifs is 1. The highest BCUT2D eigenvalue weighted by molar-refractivity contribution is 8.00. The Balaban J connectivity index is 1.33. The lowest BCUT2D eigenvalue weighted by Gasteiger charge is -2.52. The highest BCUT2D eigenvalue weighted by Gasteiger charge is 2.57.